The number of nitrogens with one attached hydrogen (secondary N) is 2. The molecule has 1 unspecified atom stereocenters. The quantitative estimate of drug-likeness (QED) is 0.575. The third kappa shape index (κ3) is 3.86. The molecule has 2 aromatic heterocycles. The molecule has 2 N–H and O–H groups in total. The van der Waals surface area contributed by atoms with E-state index in [2.05, 4.69) is 20.7 Å². The zero-order chi connectivity index (χ0) is 25.2. The maximum absolute atomic E-state index is 12.7. The fourth-order valence-electron chi connectivity index (χ4n) is 4.99. The van der Waals surface area contributed by atoms with Gasteiger partial charge in [-0.25, -0.2) is 14.3 Å². The Balaban J connectivity index is 1.19. The van der Waals surface area contributed by atoms with Crippen LogP contribution in [-0.2, 0) is 4.79 Å². The number of benzene rings is 1. The maximum atomic E-state index is 12.7. The Morgan fingerprint density at radius 3 is 2.53 bits per heavy atom. The van der Waals surface area contributed by atoms with Crippen LogP contribution in [0.2, 0.25) is 0 Å². The van der Waals surface area contributed by atoms with Crippen LogP contribution < -0.4 is 10.6 Å². The highest BCUT2D eigenvalue weighted by molar-refractivity contribution is 6.00. The van der Waals surface area contributed by atoms with E-state index in [4.69, 9.17) is 0 Å². The minimum absolute atomic E-state index is 0.127. The first-order valence-electron chi connectivity index (χ1n) is 11.6. The predicted molar refractivity (Wildman–Crippen MR) is 119 cm³/mol. The van der Waals surface area contributed by atoms with Crippen LogP contribution in [-0.4, -0.2) is 63.2 Å². The van der Waals surface area contributed by atoms with Gasteiger partial charge in [-0.2, -0.15) is 18.3 Å². The summed E-state index contributed by atoms with van der Waals surface area (Å²) in [5, 5.41) is 9.40. The predicted octanol–water partition coefficient (Wildman–Crippen LogP) is 2.56. The van der Waals surface area contributed by atoms with Crippen LogP contribution in [0.25, 0.3) is 5.65 Å². The lowest BCUT2D eigenvalue weighted by molar-refractivity contribution is -0.202. The van der Waals surface area contributed by atoms with E-state index in [1.54, 1.807) is 29.0 Å². The molecule has 6 rings (SSSR count). The molecule has 0 radical (unpaired) electrons. The van der Waals surface area contributed by atoms with Crippen molar-refractivity contribution in [2.75, 3.05) is 19.6 Å². The number of amides is 4. The van der Waals surface area contributed by atoms with E-state index in [-0.39, 0.29) is 31.5 Å². The monoisotopic (exact) mass is 498 g/mol. The Morgan fingerprint density at radius 2 is 1.83 bits per heavy atom. The van der Waals surface area contributed by atoms with Crippen molar-refractivity contribution in [2.45, 2.75) is 30.4 Å². The van der Waals surface area contributed by atoms with E-state index in [1.165, 1.54) is 4.90 Å². The van der Waals surface area contributed by atoms with Crippen LogP contribution in [0.15, 0.2) is 42.7 Å². The van der Waals surface area contributed by atoms with Crippen molar-refractivity contribution in [1.29, 1.82) is 0 Å². The number of carbonyl (C=O) groups excluding carboxylic acids is 3. The molecule has 3 atom stereocenters. The highest BCUT2D eigenvalue weighted by atomic mass is 19.4. The van der Waals surface area contributed by atoms with Crippen LogP contribution in [0, 0.1) is 5.92 Å². The molecule has 1 saturated carbocycles. The largest absolute Gasteiger partial charge is 0.395 e. The van der Waals surface area contributed by atoms with Crippen molar-refractivity contribution >= 4 is 23.5 Å². The fraction of sp³-hybridized carbons (Fsp3) is 0.375. The number of likely N-dealkylation sites (tertiary alicyclic amines) is 1. The smallest absolute Gasteiger partial charge is 0.337 e. The summed E-state index contributed by atoms with van der Waals surface area (Å²) in [6.45, 7) is -0.452. The summed E-state index contributed by atoms with van der Waals surface area (Å²) in [7, 11) is 0. The molecule has 1 aliphatic carbocycles. The fourth-order valence-corrected chi connectivity index (χ4v) is 4.99. The van der Waals surface area contributed by atoms with Gasteiger partial charge in [-0.05, 0) is 42.0 Å². The Labute approximate surface area is 202 Å². The van der Waals surface area contributed by atoms with Crippen molar-refractivity contribution in [3.63, 3.8) is 0 Å². The first-order chi connectivity index (χ1) is 17.2. The molecule has 12 heteroatoms. The Kier molecular flexibility index (Phi) is 5.02. The van der Waals surface area contributed by atoms with Gasteiger partial charge in [-0.15, -0.1) is 0 Å². The highest BCUT2D eigenvalue weighted by Gasteiger charge is 2.48. The second kappa shape index (κ2) is 8.04. The van der Waals surface area contributed by atoms with Gasteiger partial charge in [0.05, 0.1) is 17.5 Å². The molecule has 0 bridgehead atoms. The van der Waals surface area contributed by atoms with Gasteiger partial charge in [-0.3, -0.25) is 14.9 Å². The van der Waals surface area contributed by atoms with Gasteiger partial charge < -0.3 is 10.2 Å². The summed E-state index contributed by atoms with van der Waals surface area (Å²) >= 11 is 0. The molecular weight excluding hydrogens is 477 g/mol. The normalized spacial score (nSPS) is 24.3. The van der Waals surface area contributed by atoms with E-state index in [1.807, 2.05) is 18.2 Å². The summed E-state index contributed by atoms with van der Waals surface area (Å²) in [6, 6.07) is 8.34. The number of hydrogen-bond acceptors (Lipinski definition) is 5. The average molecular weight is 498 g/mol. The van der Waals surface area contributed by atoms with Gasteiger partial charge in [0.15, 0.2) is 5.65 Å². The van der Waals surface area contributed by atoms with Gasteiger partial charge in [-0.1, -0.05) is 12.1 Å². The highest BCUT2D eigenvalue weighted by Crippen LogP contribution is 2.55. The van der Waals surface area contributed by atoms with Crippen LogP contribution in [0.3, 0.4) is 0 Å². The number of halogens is 3. The van der Waals surface area contributed by atoms with E-state index in [0.717, 1.165) is 17.5 Å². The standard InChI is InChI=1S/C24H21F3N6O3/c25-24(26,27)14-10-32(11-14)22(35)13-3-1-12(2-4-13)15-7-16(15)17-8-19(31-33-6-5-28-20(17)33)18-9-29-23(36)30-21(18)34/h1-6,8,14-16,18H,7,9-11H2,(H2,29,30,34,36)/t15-,16+,18?/m1/s1. The second-order valence-electron chi connectivity index (χ2n) is 9.49. The lowest BCUT2D eigenvalue weighted by Gasteiger charge is -2.40. The Morgan fingerprint density at radius 1 is 1.08 bits per heavy atom. The van der Waals surface area contributed by atoms with E-state index < -0.39 is 35.9 Å². The number of imide groups is 1. The van der Waals surface area contributed by atoms with E-state index in [9.17, 15) is 27.6 Å². The van der Waals surface area contributed by atoms with Crippen molar-refractivity contribution in [3.8, 4) is 0 Å². The van der Waals surface area contributed by atoms with Crippen molar-refractivity contribution in [1.82, 2.24) is 30.1 Å². The number of imidazole rings is 1. The van der Waals surface area contributed by atoms with Crippen molar-refractivity contribution in [2.24, 2.45) is 5.92 Å². The molecule has 36 heavy (non-hydrogen) atoms. The molecule has 2 saturated heterocycles. The summed E-state index contributed by atoms with van der Waals surface area (Å²) in [5.41, 5.74) is 3.54. The van der Waals surface area contributed by atoms with Crippen LogP contribution in [0.5, 0.6) is 0 Å². The zero-order valence-electron chi connectivity index (χ0n) is 18.8. The summed E-state index contributed by atoms with van der Waals surface area (Å²) in [6.07, 6.45) is -0.0937. The van der Waals surface area contributed by atoms with Gasteiger partial charge in [0, 0.05) is 43.2 Å². The van der Waals surface area contributed by atoms with E-state index >= 15 is 0 Å². The first-order valence-corrected chi connectivity index (χ1v) is 11.6. The van der Waals surface area contributed by atoms with Crippen LogP contribution in [0.1, 0.15) is 51.4 Å². The topological polar surface area (TPSA) is 109 Å². The number of aromatic nitrogens is 3. The SMILES string of the molecule is O=C1NCC(c2cc([C@H]3C[C@@H]3c3ccc(C(=O)N4CC(C(F)(F)F)C4)cc3)c3nccn3n2)C(=O)N1. The lowest BCUT2D eigenvalue weighted by atomic mass is 9.97. The molecule has 9 nitrogen and oxygen atoms in total. The summed E-state index contributed by atoms with van der Waals surface area (Å²) < 4.78 is 39.8. The van der Waals surface area contributed by atoms with Crippen LogP contribution >= 0.6 is 0 Å². The Bertz CT molecular complexity index is 1380. The molecule has 0 spiro atoms. The van der Waals surface area contributed by atoms with Gasteiger partial charge in [0.2, 0.25) is 5.91 Å². The second-order valence-corrected chi connectivity index (χ2v) is 9.49. The Hall–Kier alpha value is -3.96. The molecule has 4 amide bonds. The minimum atomic E-state index is -4.27. The summed E-state index contributed by atoms with van der Waals surface area (Å²) in [4.78, 5) is 42.0. The number of carbonyl (C=O) groups is 3. The van der Waals surface area contributed by atoms with Crippen LogP contribution in [0.4, 0.5) is 18.0 Å². The average Bonchev–Trinajstić information content (AvgIpc) is 3.45. The minimum Gasteiger partial charge on any atom is -0.337 e. The molecule has 3 aromatic rings. The van der Waals surface area contributed by atoms with Crippen molar-refractivity contribution < 1.29 is 27.6 Å². The molecular formula is C24H21F3N6O3. The lowest BCUT2D eigenvalue weighted by Crippen LogP contribution is -2.55. The first kappa shape index (κ1) is 22.5. The molecule has 3 aliphatic rings. The number of nitrogens with zero attached hydrogens (tertiary/aromatic N) is 4. The third-order valence-electron chi connectivity index (χ3n) is 7.19. The molecule has 4 heterocycles. The molecule has 2 aliphatic heterocycles. The number of rotatable bonds is 4. The summed E-state index contributed by atoms with van der Waals surface area (Å²) in [5.74, 6) is -2.58. The van der Waals surface area contributed by atoms with Gasteiger partial charge in [0.1, 0.15) is 0 Å². The zero-order valence-corrected chi connectivity index (χ0v) is 18.8. The molecule has 1 aromatic carbocycles. The number of fused-ring (bicyclic) bond motifs is 1. The number of hydrogen-bond donors (Lipinski definition) is 2. The van der Waals surface area contributed by atoms with Gasteiger partial charge >= 0.3 is 12.2 Å². The molecule has 186 valence electrons. The van der Waals surface area contributed by atoms with Crippen molar-refractivity contribution in [3.05, 3.63) is 65.1 Å². The number of urea groups is 1. The van der Waals surface area contributed by atoms with E-state index in [0.29, 0.717) is 16.9 Å². The molecule has 3 fully saturated rings. The number of alkyl halides is 3. The maximum Gasteiger partial charge on any atom is 0.395 e. The third-order valence-corrected chi connectivity index (χ3v) is 7.19. The van der Waals surface area contributed by atoms with Gasteiger partial charge in [0.25, 0.3) is 5.91 Å².